The third kappa shape index (κ3) is 2.55. The van der Waals surface area contributed by atoms with E-state index in [1.807, 2.05) is 13.8 Å². The molecule has 0 spiro atoms. The maximum atomic E-state index is 13.2. The molecule has 1 aliphatic carbocycles. The van der Waals surface area contributed by atoms with Crippen LogP contribution < -0.4 is 10.5 Å². The largest absolute Gasteiger partial charge is 0.326 e. The van der Waals surface area contributed by atoms with Crippen molar-refractivity contribution in [2.75, 3.05) is 0 Å². The molecule has 18 heavy (non-hydrogen) atoms. The molecule has 0 amide bonds. The summed E-state index contributed by atoms with van der Waals surface area (Å²) in [6.45, 7) is 4.02. The van der Waals surface area contributed by atoms with Crippen molar-refractivity contribution in [1.29, 1.82) is 0 Å². The Labute approximate surface area is 106 Å². The fourth-order valence-electron chi connectivity index (χ4n) is 1.87. The van der Waals surface area contributed by atoms with Crippen LogP contribution in [0.2, 0.25) is 0 Å². The molecule has 1 unspecified atom stereocenters. The highest BCUT2D eigenvalue weighted by Gasteiger charge is 2.48. The van der Waals surface area contributed by atoms with E-state index in [1.165, 1.54) is 12.1 Å². The third-order valence-corrected chi connectivity index (χ3v) is 4.90. The van der Waals surface area contributed by atoms with E-state index in [4.69, 9.17) is 5.73 Å². The maximum Gasteiger partial charge on any atom is 0.241 e. The van der Waals surface area contributed by atoms with Crippen LogP contribution in [0.15, 0.2) is 23.1 Å². The van der Waals surface area contributed by atoms with Crippen molar-refractivity contribution in [3.8, 4) is 0 Å². The lowest BCUT2D eigenvalue weighted by Gasteiger charge is -2.11. The SMILES string of the molecule is CC1(C)CC1NS(=O)(=O)c1cc(F)ccc1CN. The number of halogens is 1. The lowest BCUT2D eigenvalue weighted by atomic mass is 10.2. The number of hydrogen-bond donors (Lipinski definition) is 2. The number of benzene rings is 1. The first-order valence-corrected chi connectivity index (χ1v) is 7.25. The minimum absolute atomic E-state index is 0.0245. The van der Waals surface area contributed by atoms with E-state index in [-0.39, 0.29) is 22.9 Å². The molecule has 1 atom stereocenters. The van der Waals surface area contributed by atoms with Gasteiger partial charge in [-0.1, -0.05) is 19.9 Å². The molecule has 0 bridgehead atoms. The van der Waals surface area contributed by atoms with Gasteiger partial charge in [-0.25, -0.2) is 17.5 Å². The topological polar surface area (TPSA) is 72.2 Å². The van der Waals surface area contributed by atoms with Gasteiger partial charge in [-0.15, -0.1) is 0 Å². The first-order chi connectivity index (χ1) is 8.26. The summed E-state index contributed by atoms with van der Waals surface area (Å²) in [5.41, 5.74) is 5.88. The van der Waals surface area contributed by atoms with Gasteiger partial charge in [0.2, 0.25) is 10.0 Å². The van der Waals surface area contributed by atoms with Crippen molar-refractivity contribution in [1.82, 2.24) is 4.72 Å². The van der Waals surface area contributed by atoms with Crippen LogP contribution in [0.4, 0.5) is 4.39 Å². The predicted molar refractivity (Wildman–Crippen MR) is 66.8 cm³/mol. The van der Waals surface area contributed by atoms with Crippen molar-refractivity contribution in [2.45, 2.75) is 37.8 Å². The van der Waals surface area contributed by atoms with Gasteiger partial charge in [0.25, 0.3) is 0 Å². The average molecular weight is 272 g/mol. The fourth-order valence-corrected chi connectivity index (χ4v) is 3.53. The van der Waals surface area contributed by atoms with Gasteiger partial charge in [-0.3, -0.25) is 0 Å². The van der Waals surface area contributed by atoms with E-state index in [0.717, 1.165) is 12.5 Å². The Morgan fingerprint density at radius 2 is 2.11 bits per heavy atom. The molecule has 1 saturated carbocycles. The van der Waals surface area contributed by atoms with Gasteiger partial charge in [-0.2, -0.15) is 0 Å². The Morgan fingerprint density at radius 1 is 1.50 bits per heavy atom. The van der Waals surface area contributed by atoms with Gasteiger partial charge in [-0.05, 0) is 29.5 Å². The van der Waals surface area contributed by atoms with Gasteiger partial charge < -0.3 is 5.73 Å². The van der Waals surface area contributed by atoms with E-state index in [2.05, 4.69) is 4.72 Å². The van der Waals surface area contributed by atoms with Gasteiger partial charge in [0.05, 0.1) is 4.90 Å². The molecule has 100 valence electrons. The van der Waals surface area contributed by atoms with Crippen LogP contribution >= 0.6 is 0 Å². The molecule has 2 rings (SSSR count). The minimum Gasteiger partial charge on any atom is -0.326 e. The van der Waals surface area contributed by atoms with Crippen LogP contribution in [0.25, 0.3) is 0 Å². The molecular formula is C12H17FN2O2S. The first kappa shape index (κ1) is 13.5. The lowest BCUT2D eigenvalue weighted by molar-refractivity contribution is 0.552. The summed E-state index contributed by atoms with van der Waals surface area (Å²) >= 11 is 0. The third-order valence-electron chi connectivity index (χ3n) is 3.35. The highest BCUT2D eigenvalue weighted by molar-refractivity contribution is 7.89. The van der Waals surface area contributed by atoms with Gasteiger partial charge in [0.15, 0.2) is 0 Å². The molecule has 0 saturated heterocycles. The van der Waals surface area contributed by atoms with Crippen LogP contribution in [-0.2, 0) is 16.6 Å². The molecule has 1 aromatic rings. The van der Waals surface area contributed by atoms with E-state index in [0.29, 0.717) is 5.56 Å². The summed E-state index contributed by atoms with van der Waals surface area (Å²) in [5.74, 6) is -0.581. The van der Waals surface area contributed by atoms with Crippen LogP contribution in [-0.4, -0.2) is 14.5 Å². The molecule has 1 aromatic carbocycles. The molecule has 4 nitrogen and oxygen atoms in total. The second-order valence-corrected chi connectivity index (χ2v) is 7.01. The Bertz CT molecular complexity index is 569. The van der Waals surface area contributed by atoms with Crippen molar-refractivity contribution in [2.24, 2.45) is 11.1 Å². The summed E-state index contributed by atoms with van der Waals surface area (Å²) in [7, 11) is -3.70. The number of sulfonamides is 1. The van der Waals surface area contributed by atoms with Crippen molar-refractivity contribution < 1.29 is 12.8 Å². The van der Waals surface area contributed by atoms with Gasteiger partial charge >= 0.3 is 0 Å². The summed E-state index contributed by atoms with van der Waals surface area (Å²) in [6, 6.07) is 3.54. The molecular weight excluding hydrogens is 255 g/mol. The Kier molecular flexibility index (Phi) is 3.21. The highest BCUT2D eigenvalue weighted by atomic mass is 32.2. The molecule has 1 aliphatic rings. The predicted octanol–water partition coefficient (Wildman–Crippen LogP) is 1.36. The quantitative estimate of drug-likeness (QED) is 0.869. The molecule has 0 radical (unpaired) electrons. The summed E-state index contributed by atoms with van der Waals surface area (Å²) in [6.07, 6.45) is 0.791. The fraction of sp³-hybridized carbons (Fsp3) is 0.500. The van der Waals surface area contributed by atoms with E-state index in [1.54, 1.807) is 0 Å². The van der Waals surface area contributed by atoms with Gasteiger partial charge in [0.1, 0.15) is 5.82 Å². The zero-order valence-corrected chi connectivity index (χ0v) is 11.2. The van der Waals surface area contributed by atoms with E-state index < -0.39 is 15.8 Å². The molecule has 0 heterocycles. The minimum atomic E-state index is -3.70. The van der Waals surface area contributed by atoms with Crippen molar-refractivity contribution in [3.05, 3.63) is 29.6 Å². The van der Waals surface area contributed by atoms with Gasteiger partial charge in [0, 0.05) is 12.6 Å². The molecule has 0 aromatic heterocycles. The lowest BCUT2D eigenvalue weighted by Crippen LogP contribution is -2.29. The van der Waals surface area contributed by atoms with E-state index in [9.17, 15) is 12.8 Å². The zero-order chi connectivity index (χ0) is 13.6. The van der Waals surface area contributed by atoms with Crippen LogP contribution in [0.3, 0.4) is 0 Å². The standard InChI is InChI=1S/C12H17FN2O2S/c1-12(2)6-11(12)15-18(16,17)10-5-9(13)4-3-8(10)7-14/h3-5,11,15H,6-7,14H2,1-2H3. The van der Waals surface area contributed by atoms with Crippen LogP contribution in [0.1, 0.15) is 25.8 Å². The number of rotatable bonds is 4. The highest BCUT2D eigenvalue weighted by Crippen LogP contribution is 2.45. The summed E-state index contributed by atoms with van der Waals surface area (Å²) in [4.78, 5) is -0.0623. The Hall–Kier alpha value is -0.980. The van der Waals surface area contributed by atoms with Crippen LogP contribution in [0.5, 0.6) is 0 Å². The molecule has 3 N–H and O–H groups in total. The summed E-state index contributed by atoms with van der Waals surface area (Å²) < 4.78 is 40.1. The second-order valence-electron chi connectivity index (χ2n) is 5.32. The van der Waals surface area contributed by atoms with Crippen molar-refractivity contribution >= 4 is 10.0 Å². The Balaban J connectivity index is 2.32. The second kappa shape index (κ2) is 4.29. The Morgan fingerprint density at radius 3 is 2.61 bits per heavy atom. The molecule has 0 aliphatic heterocycles. The van der Waals surface area contributed by atoms with E-state index >= 15 is 0 Å². The number of nitrogens with one attached hydrogen (secondary N) is 1. The smallest absolute Gasteiger partial charge is 0.241 e. The normalized spacial score (nSPS) is 21.9. The molecule has 6 heteroatoms. The average Bonchev–Trinajstić information content (AvgIpc) is 2.84. The monoisotopic (exact) mass is 272 g/mol. The first-order valence-electron chi connectivity index (χ1n) is 5.77. The van der Waals surface area contributed by atoms with Crippen molar-refractivity contribution in [3.63, 3.8) is 0 Å². The maximum absolute atomic E-state index is 13.2. The zero-order valence-electron chi connectivity index (χ0n) is 10.4. The summed E-state index contributed by atoms with van der Waals surface area (Å²) in [5, 5.41) is 0. The number of nitrogens with two attached hydrogens (primary N) is 1. The number of hydrogen-bond acceptors (Lipinski definition) is 3. The molecule has 1 fully saturated rings. The van der Waals surface area contributed by atoms with Crippen LogP contribution in [0, 0.1) is 11.2 Å².